The van der Waals surface area contributed by atoms with Gasteiger partial charge in [-0.2, -0.15) is 0 Å². The van der Waals surface area contributed by atoms with Crippen molar-refractivity contribution in [1.29, 1.82) is 0 Å². The van der Waals surface area contributed by atoms with Gasteiger partial charge in [-0.3, -0.25) is 0 Å². The zero-order valence-electron chi connectivity index (χ0n) is 2.47. The van der Waals surface area contributed by atoms with E-state index in [0.29, 0.717) is 0 Å². The third kappa shape index (κ3) is 20.1. The molecule has 0 bridgehead atoms. The summed E-state index contributed by atoms with van der Waals surface area (Å²) in [5, 5.41) is 0. The Morgan fingerprint density at radius 2 is 0.800 bits per heavy atom. The molecule has 0 N–H and O–H groups in total. The van der Waals surface area contributed by atoms with Gasteiger partial charge < -0.3 is 11.0 Å². The zero-order chi connectivity index (χ0) is 0. The molecule has 0 unspecified atom stereocenters. The summed E-state index contributed by atoms with van der Waals surface area (Å²) in [6.45, 7) is 0. The van der Waals surface area contributed by atoms with Crippen LogP contribution in [0.5, 0.6) is 0 Å². The van der Waals surface area contributed by atoms with E-state index in [2.05, 4.69) is 0 Å². The molecule has 0 aliphatic carbocycles. The van der Waals surface area contributed by atoms with Gasteiger partial charge in [0.1, 0.15) is 0 Å². The number of hydrogen-bond donors (Lipinski definition) is 0. The van der Waals surface area contributed by atoms with E-state index < -0.39 is 0 Å². The fraction of sp³-hybridized carbons (Fsp3) is 0. The van der Waals surface area contributed by atoms with Crippen LogP contribution in [0.15, 0.2) is 0 Å². The molecule has 0 atom stereocenters. The molecule has 16 valence electrons. The van der Waals surface area contributed by atoms with Crippen molar-refractivity contribution in [3.63, 3.8) is 0 Å². The number of rotatable bonds is 0. The first-order chi connectivity index (χ1) is 0. The van der Waals surface area contributed by atoms with Gasteiger partial charge in [-0.25, -0.2) is 0 Å². The van der Waals surface area contributed by atoms with Crippen LogP contribution in [0.1, 0.15) is 0 Å². The Bertz CT molecular complexity index is 9.61. The van der Waals surface area contributed by atoms with Crippen molar-refractivity contribution in [2.75, 3.05) is 0 Å². The predicted molar refractivity (Wildman–Crippen MR) is 1.37 cm³/mol. The van der Waals surface area contributed by atoms with E-state index in [4.69, 9.17) is 0 Å². The standard InChI is InChI=1S/2O.Sc.Y.Zr/q2*-2;2*+3;+4. The minimum Gasteiger partial charge on any atom is -2.00 e. The maximum atomic E-state index is 0. The molecule has 2 nitrogen and oxygen atoms in total. The largest absolute Gasteiger partial charge is 4.00 e. The molecule has 0 spiro atoms. The van der Waals surface area contributed by atoms with Crippen molar-refractivity contribution in [3.8, 4) is 0 Å². The summed E-state index contributed by atoms with van der Waals surface area (Å²) in [4.78, 5) is 0. The monoisotopic (exact) mass is 256 g/mol. The second-order valence-electron chi connectivity index (χ2n) is 0. The molecule has 5 heavy (non-hydrogen) atoms. The zero-order valence-corrected chi connectivity index (χ0v) is 9.57. The molecule has 5 heteroatoms. The molecule has 0 aromatic heterocycles. The van der Waals surface area contributed by atoms with Crippen molar-refractivity contribution < 1.29 is 95.7 Å². The van der Waals surface area contributed by atoms with Gasteiger partial charge in [0.05, 0.1) is 0 Å². The van der Waals surface area contributed by atoms with Gasteiger partial charge in [-0.15, -0.1) is 0 Å². The quantitative estimate of drug-likeness (QED) is 0.575. The number of hydrogen-bond acceptors (Lipinski definition) is 0. The molecule has 0 radical (unpaired) electrons. The average Bonchev–Trinajstić information content (AvgIpc) is 0. The molecular weight excluding hydrogens is 257 g/mol. The first kappa shape index (κ1) is 46.3. The van der Waals surface area contributed by atoms with Gasteiger partial charge in [0.25, 0.3) is 0 Å². The Kier molecular flexibility index (Phi) is 272. The molecule has 0 aliphatic heterocycles. The first-order valence-corrected chi connectivity index (χ1v) is 0. The van der Waals surface area contributed by atoms with Crippen molar-refractivity contribution >= 4 is 0 Å². The molecular formula is O2ScYZr+6. The molecule has 0 heterocycles. The molecule has 0 fully saturated rings. The maximum absolute atomic E-state index is 0. The summed E-state index contributed by atoms with van der Waals surface area (Å²) in [5.41, 5.74) is 0. The Labute approximate surface area is 93.9 Å². The third-order valence-corrected chi connectivity index (χ3v) is 0. The summed E-state index contributed by atoms with van der Waals surface area (Å²) < 4.78 is 0. The van der Waals surface area contributed by atoms with Crippen LogP contribution in [0.4, 0.5) is 0 Å². The van der Waals surface area contributed by atoms with E-state index in [1.807, 2.05) is 0 Å². The summed E-state index contributed by atoms with van der Waals surface area (Å²) >= 11 is 0. The predicted octanol–water partition coefficient (Wildman–Crippen LogP) is -0.245. The Hall–Kier alpha value is 2.78. The van der Waals surface area contributed by atoms with E-state index in [9.17, 15) is 0 Å². The van der Waals surface area contributed by atoms with Crippen molar-refractivity contribution in [3.05, 3.63) is 0 Å². The fourth-order valence-corrected chi connectivity index (χ4v) is 0. The summed E-state index contributed by atoms with van der Waals surface area (Å²) in [7, 11) is 0. The van der Waals surface area contributed by atoms with Crippen LogP contribution in [-0.2, 0) is 95.7 Å². The molecule has 0 aromatic rings. The van der Waals surface area contributed by atoms with Crippen LogP contribution >= 0.6 is 0 Å². The topological polar surface area (TPSA) is 57.0 Å². The molecule has 0 saturated heterocycles. The van der Waals surface area contributed by atoms with Gasteiger partial charge in [0.15, 0.2) is 0 Å². The molecule has 0 aliphatic rings. The van der Waals surface area contributed by atoms with Crippen LogP contribution in [0, 0.1) is 0 Å². The van der Waals surface area contributed by atoms with Crippen LogP contribution < -0.4 is 0 Å². The van der Waals surface area contributed by atoms with E-state index in [0.717, 1.165) is 0 Å². The molecule has 0 aromatic carbocycles. The minimum absolute atomic E-state index is 0. The van der Waals surface area contributed by atoms with E-state index >= 15 is 0 Å². The van der Waals surface area contributed by atoms with Crippen LogP contribution in [0.3, 0.4) is 0 Å². The van der Waals surface area contributed by atoms with Crippen LogP contribution in [0.2, 0.25) is 0 Å². The van der Waals surface area contributed by atoms with Crippen molar-refractivity contribution in [1.82, 2.24) is 0 Å². The third-order valence-electron chi connectivity index (χ3n) is 0. The van der Waals surface area contributed by atoms with Crippen LogP contribution in [0.25, 0.3) is 0 Å². The summed E-state index contributed by atoms with van der Waals surface area (Å²) in [6, 6.07) is 0. The normalized spacial score (nSPS) is 0. The van der Waals surface area contributed by atoms with E-state index in [-0.39, 0.29) is 95.7 Å². The Morgan fingerprint density at radius 3 is 0.800 bits per heavy atom. The fourth-order valence-electron chi connectivity index (χ4n) is 0. The smallest absolute Gasteiger partial charge is 2.00 e. The van der Waals surface area contributed by atoms with E-state index in [1.54, 1.807) is 0 Å². The second-order valence-corrected chi connectivity index (χ2v) is 0. The van der Waals surface area contributed by atoms with Crippen molar-refractivity contribution in [2.24, 2.45) is 0 Å². The van der Waals surface area contributed by atoms with Gasteiger partial charge >= 0.3 is 84.8 Å². The van der Waals surface area contributed by atoms with Crippen molar-refractivity contribution in [2.45, 2.75) is 0 Å². The first-order valence-electron chi connectivity index (χ1n) is 0. The maximum Gasteiger partial charge on any atom is 4.00 e. The van der Waals surface area contributed by atoms with Crippen LogP contribution in [-0.4, -0.2) is 0 Å². The minimum atomic E-state index is 0. The summed E-state index contributed by atoms with van der Waals surface area (Å²) in [6.07, 6.45) is 0. The van der Waals surface area contributed by atoms with Gasteiger partial charge in [0, 0.05) is 0 Å². The molecule has 0 saturated carbocycles. The SMILES string of the molecule is [O-2].[O-2].[Sc+3].[Y+3].[Zr+4]. The second kappa shape index (κ2) is 29.3. The summed E-state index contributed by atoms with van der Waals surface area (Å²) in [5.74, 6) is 0. The molecule has 0 amide bonds. The van der Waals surface area contributed by atoms with Gasteiger partial charge in [0.2, 0.25) is 0 Å². The van der Waals surface area contributed by atoms with E-state index in [1.165, 1.54) is 0 Å². The molecule has 0 rings (SSSR count). The van der Waals surface area contributed by atoms with Gasteiger partial charge in [-0.1, -0.05) is 0 Å². The van der Waals surface area contributed by atoms with Gasteiger partial charge in [-0.05, 0) is 0 Å². The average molecular weight is 257 g/mol. The Morgan fingerprint density at radius 1 is 0.800 bits per heavy atom. The Balaban J connectivity index is 0.